The highest BCUT2D eigenvalue weighted by Gasteiger charge is 2.29. The Kier molecular flexibility index (Phi) is 4.52. The summed E-state index contributed by atoms with van der Waals surface area (Å²) in [5, 5.41) is 6.49. The fraction of sp³-hybridized carbons (Fsp3) is 0.538. The zero-order valence-electron chi connectivity index (χ0n) is 10.5. The van der Waals surface area contributed by atoms with Crippen LogP contribution in [-0.2, 0) is 0 Å². The quantitative estimate of drug-likeness (QED) is 0.885. The number of anilines is 1. The molecule has 0 saturated carbocycles. The van der Waals surface area contributed by atoms with E-state index >= 15 is 0 Å². The Balaban J connectivity index is 1.99. The Morgan fingerprint density at radius 1 is 1.21 bits per heavy atom. The number of alkyl halides is 3. The molecule has 1 heterocycles. The molecule has 106 valence electrons. The Labute approximate surface area is 110 Å². The lowest BCUT2D eigenvalue weighted by Crippen LogP contribution is -2.35. The highest BCUT2D eigenvalue weighted by atomic mass is 19.4. The number of benzene rings is 1. The van der Waals surface area contributed by atoms with E-state index in [2.05, 4.69) is 10.6 Å². The number of piperidine rings is 1. The fourth-order valence-corrected chi connectivity index (χ4v) is 2.06. The number of halogens is 3. The Bertz CT molecular complexity index is 403. The molecule has 1 saturated heterocycles. The zero-order chi connectivity index (χ0) is 13.7. The molecule has 0 aliphatic carbocycles. The summed E-state index contributed by atoms with van der Waals surface area (Å²) in [6, 6.07) is 7.02. The molecule has 0 radical (unpaired) electrons. The third kappa shape index (κ3) is 4.63. The van der Waals surface area contributed by atoms with Crippen molar-refractivity contribution in [2.24, 2.45) is 0 Å². The highest BCUT2D eigenvalue weighted by Crippen LogP contribution is 2.27. The van der Waals surface area contributed by atoms with Gasteiger partial charge in [0.1, 0.15) is 5.75 Å². The SMILES string of the molecule is FC(F)(F)COc1ccccc1NC1CCNCC1. The van der Waals surface area contributed by atoms with Gasteiger partial charge in [-0.2, -0.15) is 13.2 Å². The van der Waals surface area contributed by atoms with E-state index < -0.39 is 12.8 Å². The first-order chi connectivity index (χ1) is 9.04. The summed E-state index contributed by atoms with van der Waals surface area (Å²) in [4.78, 5) is 0. The molecule has 0 amide bonds. The molecule has 0 bridgehead atoms. The standard InChI is InChI=1S/C13H17F3N2O/c14-13(15,16)9-19-12-4-2-1-3-11(12)18-10-5-7-17-8-6-10/h1-4,10,17-18H,5-9H2. The van der Waals surface area contributed by atoms with Gasteiger partial charge in [-0.1, -0.05) is 12.1 Å². The first kappa shape index (κ1) is 14.0. The maximum Gasteiger partial charge on any atom is 0.422 e. The smallest absolute Gasteiger partial charge is 0.422 e. The zero-order valence-corrected chi connectivity index (χ0v) is 10.5. The molecule has 1 aromatic rings. The summed E-state index contributed by atoms with van der Waals surface area (Å²) < 4.78 is 41.4. The van der Waals surface area contributed by atoms with E-state index in [1.807, 2.05) is 0 Å². The Hall–Kier alpha value is -1.43. The topological polar surface area (TPSA) is 33.3 Å². The normalized spacial score (nSPS) is 17.2. The fourth-order valence-electron chi connectivity index (χ4n) is 2.06. The number of rotatable bonds is 4. The molecule has 0 unspecified atom stereocenters. The van der Waals surface area contributed by atoms with Gasteiger partial charge in [0, 0.05) is 6.04 Å². The maximum atomic E-state index is 12.2. The predicted octanol–water partition coefficient (Wildman–Crippen LogP) is 2.79. The second-order valence-electron chi connectivity index (χ2n) is 4.57. The van der Waals surface area contributed by atoms with E-state index in [0.29, 0.717) is 5.69 Å². The van der Waals surface area contributed by atoms with E-state index in [1.165, 1.54) is 0 Å². The van der Waals surface area contributed by atoms with Crippen molar-refractivity contribution in [1.82, 2.24) is 5.32 Å². The first-order valence-electron chi connectivity index (χ1n) is 6.30. The second kappa shape index (κ2) is 6.14. The number of hydrogen-bond acceptors (Lipinski definition) is 3. The van der Waals surface area contributed by atoms with Crippen LogP contribution in [0.15, 0.2) is 24.3 Å². The van der Waals surface area contributed by atoms with Crippen LogP contribution in [0.5, 0.6) is 5.75 Å². The van der Waals surface area contributed by atoms with Crippen LogP contribution in [0.4, 0.5) is 18.9 Å². The Morgan fingerprint density at radius 3 is 2.58 bits per heavy atom. The minimum atomic E-state index is -4.32. The third-order valence-corrected chi connectivity index (χ3v) is 2.98. The van der Waals surface area contributed by atoms with Gasteiger partial charge in [-0.3, -0.25) is 0 Å². The van der Waals surface area contributed by atoms with Gasteiger partial charge in [0.15, 0.2) is 6.61 Å². The van der Waals surface area contributed by atoms with E-state index in [-0.39, 0.29) is 11.8 Å². The van der Waals surface area contributed by atoms with Gasteiger partial charge in [0.05, 0.1) is 5.69 Å². The highest BCUT2D eigenvalue weighted by molar-refractivity contribution is 5.56. The summed E-state index contributed by atoms with van der Waals surface area (Å²) >= 11 is 0. The van der Waals surface area contributed by atoms with Crippen LogP contribution in [0.25, 0.3) is 0 Å². The van der Waals surface area contributed by atoms with E-state index in [1.54, 1.807) is 24.3 Å². The van der Waals surface area contributed by atoms with Crippen LogP contribution < -0.4 is 15.4 Å². The molecule has 3 nitrogen and oxygen atoms in total. The summed E-state index contributed by atoms with van der Waals surface area (Å²) in [6.07, 6.45) is -2.41. The number of hydrogen-bond donors (Lipinski definition) is 2. The lowest BCUT2D eigenvalue weighted by molar-refractivity contribution is -0.153. The van der Waals surface area contributed by atoms with Gasteiger partial charge >= 0.3 is 6.18 Å². The summed E-state index contributed by atoms with van der Waals surface area (Å²) in [6.45, 7) is 0.574. The average Bonchev–Trinajstić information content (AvgIpc) is 2.38. The molecule has 0 spiro atoms. The monoisotopic (exact) mass is 274 g/mol. The number of ether oxygens (including phenoxy) is 1. The molecule has 1 aromatic carbocycles. The van der Waals surface area contributed by atoms with Gasteiger partial charge in [-0.05, 0) is 38.1 Å². The first-order valence-corrected chi connectivity index (χ1v) is 6.30. The molecule has 0 atom stereocenters. The lowest BCUT2D eigenvalue weighted by Gasteiger charge is -2.25. The molecule has 6 heteroatoms. The average molecular weight is 274 g/mol. The van der Waals surface area contributed by atoms with Crippen LogP contribution in [0.2, 0.25) is 0 Å². The molecule has 19 heavy (non-hydrogen) atoms. The third-order valence-electron chi connectivity index (χ3n) is 2.98. The van der Waals surface area contributed by atoms with E-state index in [4.69, 9.17) is 4.74 Å². The molecule has 2 N–H and O–H groups in total. The largest absolute Gasteiger partial charge is 0.482 e. The van der Waals surface area contributed by atoms with Crippen molar-refractivity contribution >= 4 is 5.69 Å². The maximum absolute atomic E-state index is 12.2. The van der Waals surface area contributed by atoms with Crippen molar-refractivity contribution in [3.8, 4) is 5.75 Å². The van der Waals surface area contributed by atoms with Crippen molar-refractivity contribution < 1.29 is 17.9 Å². The van der Waals surface area contributed by atoms with Crippen molar-refractivity contribution in [2.75, 3.05) is 25.0 Å². The lowest BCUT2D eigenvalue weighted by atomic mass is 10.1. The molecule has 0 aromatic heterocycles. The number of nitrogens with one attached hydrogen (secondary N) is 2. The van der Waals surface area contributed by atoms with E-state index in [0.717, 1.165) is 25.9 Å². The minimum absolute atomic E-state index is 0.248. The minimum Gasteiger partial charge on any atom is -0.482 e. The van der Waals surface area contributed by atoms with Gasteiger partial charge in [-0.15, -0.1) is 0 Å². The molecular weight excluding hydrogens is 257 g/mol. The van der Waals surface area contributed by atoms with Crippen LogP contribution in [0, 0.1) is 0 Å². The number of para-hydroxylation sites is 2. The van der Waals surface area contributed by atoms with Crippen LogP contribution in [-0.4, -0.2) is 31.9 Å². The molecule has 1 fully saturated rings. The molecule has 2 rings (SSSR count). The van der Waals surface area contributed by atoms with Gasteiger partial charge in [0.2, 0.25) is 0 Å². The predicted molar refractivity (Wildman–Crippen MR) is 67.5 cm³/mol. The molecular formula is C13H17F3N2O. The van der Waals surface area contributed by atoms with E-state index in [9.17, 15) is 13.2 Å². The Morgan fingerprint density at radius 2 is 1.89 bits per heavy atom. The second-order valence-corrected chi connectivity index (χ2v) is 4.57. The molecule has 1 aliphatic rings. The van der Waals surface area contributed by atoms with Gasteiger partial charge < -0.3 is 15.4 Å². The van der Waals surface area contributed by atoms with Crippen molar-refractivity contribution in [1.29, 1.82) is 0 Å². The summed E-state index contributed by atoms with van der Waals surface area (Å²) in [7, 11) is 0. The summed E-state index contributed by atoms with van der Waals surface area (Å²) in [5.74, 6) is 0.248. The van der Waals surface area contributed by atoms with Crippen molar-refractivity contribution in [3.63, 3.8) is 0 Å². The van der Waals surface area contributed by atoms with Crippen molar-refractivity contribution in [2.45, 2.75) is 25.1 Å². The van der Waals surface area contributed by atoms with Gasteiger partial charge in [0.25, 0.3) is 0 Å². The summed E-state index contributed by atoms with van der Waals surface area (Å²) in [5.41, 5.74) is 0.624. The van der Waals surface area contributed by atoms with Gasteiger partial charge in [-0.25, -0.2) is 0 Å². The van der Waals surface area contributed by atoms with Crippen LogP contribution in [0.3, 0.4) is 0 Å². The molecule has 1 aliphatic heterocycles. The van der Waals surface area contributed by atoms with Crippen LogP contribution in [0.1, 0.15) is 12.8 Å². The van der Waals surface area contributed by atoms with Crippen LogP contribution >= 0.6 is 0 Å². The van der Waals surface area contributed by atoms with Crippen molar-refractivity contribution in [3.05, 3.63) is 24.3 Å².